The molecule has 1 amide bonds. The lowest BCUT2D eigenvalue weighted by Crippen LogP contribution is -2.42. The Morgan fingerprint density at radius 3 is 2.59 bits per heavy atom. The Bertz CT molecular complexity index is 822. The minimum absolute atomic E-state index is 0.0395. The Labute approximate surface area is 164 Å². The third kappa shape index (κ3) is 3.77. The molecule has 0 spiro atoms. The van der Waals surface area contributed by atoms with Crippen LogP contribution >= 0.6 is 11.6 Å². The van der Waals surface area contributed by atoms with Gasteiger partial charge in [-0.1, -0.05) is 30.3 Å². The van der Waals surface area contributed by atoms with E-state index in [0.717, 1.165) is 41.6 Å². The predicted octanol–water partition coefficient (Wildman–Crippen LogP) is 2.49. The van der Waals surface area contributed by atoms with Gasteiger partial charge in [-0.25, -0.2) is 9.97 Å². The standard InChI is InChI=1S/C20H23ClN4O2/c1-14(21)20(26)25-8-7-17-16(13-25)19(24-9-11-27-12-10-24)23-18(22-17)15-5-3-2-4-6-15/h2-6,14H,7-13H2,1H3/t14-/m1/s1. The van der Waals surface area contributed by atoms with Crippen molar-refractivity contribution in [3.63, 3.8) is 0 Å². The van der Waals surface area contributed by atoms with Gasteiger partial charge >= 0.3 is 0 Å². The number of amides is 1. The van der Waals surface area contributed by atoms with Gasteiger partial charge in [0.25, 0.3) is 0 Å². The van der Waals surface area contributed by atoms with Crippen molar-refractivity contribution in [2.45, 2.75) is 25.3 Å². The van der Waals surface area contributed by atoms with E-state index >= 15 is 0 Å². The van der Waals surface area contributed by atoms with Crippen LogP contribution in [0.1, 0.15) is 18.2 Å². The zero-order chi connectivity index (χ0) is 18.8. The van der Waals surface area contributed by atoms with Gasteiger partial charge in [-0.3, -0.25) is 4.79 Å². The molecule has 3 heterocycles. The summed E-state index contributed by atoms with van der Waals surface area (Å²) in [4.78, 5) is 26.2. The first-order valence-electron chi connectivity index (χ1n) is 9.34. The van der Waals surface area contributed by atoms with E-state index in [9.17, 15) is 4.79 Å². The molecular weight excluding hydrogens is 364 g/mol. The summed E-state index contributed by atoms with van der Waals surface area (Å²) in [5, 5.41) is -0.525. The van der Waals surface area contributed by atoms with Crippen molar-refractivity contribution in [1.82, 2.24) is 14.9 Å². The molecule has 2 aliphatic heterocycles. The third-order valence-corrected chi connectivity index (χ3v) is 5.22. The Morgan fingerprint density at radius 2 is 1.89 bits per heavy atom. The topological polar surface area (TPSA) is 58.6 Å². The molecule has 0 N–H and O–H groups in total. The molecule has 27 heavy (non-hydrogen) atoms. The number of hydrogen-bond donors (Lipinski definition) is 0. The van der Waals surface area contributed by atoms with E-state index in [1.165, 1.54) is 0 Å². The number of benzene rings is 1. The van der Waals surface area contributed by atoms with Gasteiger partial charge in [-0.2, -0.15) is 0 Å². The number of ether oxygens (including phenoxy) is 1. The number of aromatic nitrogens is 2. The number of carbonyl (C=O) groups excluding carboxylic acids is 1. The molecule has 1 aromatic heterocycles. The second-order valence-corrected chi connectivity index (χ2v) is 7.54. The molecule has 0 aliphatic carbocycles. The van der Waals surface area contributed by atoms with Crippen LogP contribution in [0.2, 0.25) is 0 Å². The molecule has 4 rings (SSSR count). The van der Waals surface area contributed by atoms with Crippen LogP contribution in [0.5, 0.6) is 0 Å². The van der Waals surface area contributed by atoms with Crippen molar-refractivity contribution >= 4 is 23.3 Å². The highest BCUT2D eigenvalue weighted by Crippen LogP contribution is 2.30. The van der Waals surface area contributed by atoms with Gasteiger partial charge in [0.1, 0.15) is 11.2 Å². The molecular formula is C20H23ClN4O2. The zero-order valence-electron chi connectivity index (χ0n) is 15.4. The molecule has 0 unspecified atom stereocenters. The smallest absolute Gasteiger partial charge is 0.240 e. The quantitative estimate of drug-likeness (QED) is 0.758. The summed E-state index contributed by atoms with van der Waals surface area (Å²) in [5.41, 5.74) is 3.06. The number of halogens is 1. The van der Waals surface area contributed by atoms with Crippen LogP contribution in [0.15, 0.2) is 30.3 Å². The van der Waals surface area contributed by atoms with E-state index in [1.807, 2.05) is 35.2 Å². The highest BCUT2D eigenvalue weighted by molar-refractivity contribution is 6.30. The van der Waals surface area contributed by atoms with Gasteiger partial charge in [-0.05, 0) is 6.92 Å². The monoisotopic (exact) mass is 386 g/mol. The molecule has 1 aromatic carbocycles. The first kappa shape index (κ1) is 18.2. The number of rotatable bonds is 3. The van der Waals surface area contributed by atoms with Crippen LogP contribution in [-0.2, 0) is 22.5 Å². The fourth-order valence-corrected chi connectivity index (χ4v) is 3.73. The average Bonchev–Trinajstić information content (AvgIpc) is 2.73. The van der Waals surface area contributed by atoms with Gasteiger partial charge in [-0.15, -0.1) is 11.6 Å². The van der Waals surface area contributed by atoms with Gasteiger partial charge in [0.15, 0.2) is 5.82 Å². The molecule has 1 atom stereocenters. The number of nitrogens with zero attached hydrogens (tertiary/aromatic N) is 4. The maximum Gasteiger partial charge on any atom is 0.240 e. The summed E-state index contributed by atoms with van der Waals surface area (Å²) in [6.45, 7) is 5.80. The number of carbonyl (C=O) groups is 1. The Balaban J connectivity index is 1.75. The molecule has 1 saturated heterocycles. The first-order valence-corrected chi connectivity index (χ1v) is 9.78. The zero-order valence-corrected chi connectivity index (χ0v) is 16.2. The molecule has 2 aromatic rings. The minimum Gasteiger partial charge on any atom is -0.378 e. The summed E-state index contributed by atoms with van der Waals surface area (Å²) < 4.78 is 5.50. The highest BCUT2D eigenvalue weighted by Gasteiger charge is 2.29. The number of anilines is 1. The van der Waals surface area contributed by atoms with Gasteiger partial charge in [0, 0.05) is 37.2 Å². The molecule has 6 nitrogen and oxygen atoms in total. The Hall–Kier alpha value is -2.18. The van der Waals surface area contributed by atoms with E-state index in [4.69, 9.17) is 26.3 Å². The van der Waals surface area contributed by atoms with Crippen LogP contribution in [0.3, 0.4) is 0 Å². The van der Waals surface area contributed by atoms with Crippen LogP contribution in [0.25, 0.3) is 11.4 Å². The van der Waals surface area contributed by atoms with Crippen LogP contribution in [0, 0.1) is 0 Å². The van der Waals surface area contributed by atoms with Gasteiger partial charge in [0.2, 0.25) is 5.91 Å². The van der Waals surface area contributed by atoms with Crippen molar-refractivity contribution in [2.75, 3.05) is 37.7 Å². The first-order chi connectivity index (χ1) is 13.1. The number of alkyl halides is 1. The summed E-state index contributed by atoms with van der Waals surface area (Å²) >= 11 is 6.03. The van der Waals surface area contributed by atoms with E-state index in [1.54, 1.807) is 6.92 Å². The molecule has 142 valence electrons. The van der Waals surface area contributed by atoms with Crippen molar-refractivity contribution in [3.8, 4) is 11.4 Å². The molecule has 7 heteroatoms. The maximum atomic E-state index is 12.4. The predicted molar refractivity (Wildman–Crippen MR) is 105 cm³/mol. The largest absolute Gasteiger partial charge is 0.378 e. The van der Waals surface area contributed by atoms with Crippen molar-refractivity contribution in [1.29, 1.82) is 0 Å². The number of morpholine rings is 1. The summed E-state index contributed by atoms with van der Waals surface area (Å²) in [6.07, 6.45) is 0.713. The molecule has 2 aliphatic rings. The lowest BCUT2D eigenvalue weighted by molar-refractivity contribution is -0.131. The summed E-state index contributed by atoms with van der Waals surface area (Å²) in [7, 11) is 0. The maximum absolute atomic E-state index is 12.4. The molecule has 0 radical (unpaired) electrons. The Morgan fingerprint density at radius 1 is 1.15 bits per heavy atom. The summed E-state index contributed by atoms with van der Waals surface area (Å²) in [5.74, 6) is 1.62. The lowest BCUT2D eigenvalue weighted by Gasteiger charge is -2.35. The molecule has 1 fully saturated rings. The molecule has 0 bridgehead atoms. The van der Waals surface area contributed by atoms with E-state index in [2.05, 4.69) is 4.90 Å². The lowest BCUT2D eigenvalue weighted by atomic mass is 10.0. The Kier molecular flexibility index (Phi) is 5.27. The van der Waals surface area contributed by atoms with Crippen LogP contribution in [0.4, 0.5) is 5.82 Å². The third-order valence-electron chi connectivity index (χ3n) is 5.03. The second kappa shape index (κ2) is 7.82. The van der Waals surface area contributed by atoms with Crippen LogP contribution < -0.4 is 4.90 Å². The van der Waals surface area contributed by atoms with Crippen molar-refractivity contribution in [2.24, 2.45) is 0 Å². The summed E-state index contributed by atoms with van der Waals surface area (Å²) in [6, 6.07) is 10.0. The number of fused-ring (bicyclic) bond motifs is 1. The second-order valence-electron chi connectivity index (χ2n) is 6.89. The van der Waals surface area contributed by atoms with Crippen LogP contribution in [-0.4, -0.2) is 59.0 Å². The van der Waals surface area contributed by atoms with E-state index in [-0.39, 0.29) is 5.91 Å². The van der Waals surface area contributed by atoms with Gasteiger partial charge < -0.3 is 14.5 Å². The van der Waals surface area contributed by atoms with E-state index < -0.39 is 5.38 Å². The normalized spacial score (nSPS) is 18.1. The van der Waals surface area contributed by atoms with E-state index in [0.29, 0.717) is 32.7 Å². The van der Waals surface area contributed by atoms with Crippen molar-refractivity contribution < 1.29 is 9.53 Å². The number of hydrogen-bond acceptors (Lipinski definition) is 5. The molecule has 0 saturated carbocycles. The SMILES string of the molecule is C[C@@H](Cl)C(=O)N1CCc2nc(-c3ccccc3)nc(N3CCOCC3)c2C1. The minimum atomic E-state index is -0.525. The van der Waals surface area contributed by atoms with Crippen molar-refractivity contribution in [3.05, 3.63) is 41.6 Å². The average molecular weight is 387 g/mol. The fourth-order valence-electron chi connectivity index (χ4n) is 3.59. The van der Waals surface area contributed by atoms with Gasteiger partial charge in [0.05, 0.1) is 25.5 Å². The fraction of sp³-hybridized carbons (Fsp3) is 0.450. The highest BCUT2D eigenvalue weighted by atomic mass is 35.5.